The summed E-state index contributed by atoms with van der Waals surface area (Å²) in [7, 11) is 1.58. The van der Waals surface area contributed by atoms with Crippen LogP contribution in [0.5, 0.6) is 5.75 Å². The first-order chi connectivity index (χ1) is 12.7. The molecule has 1 atom stereocenters. The van der Waals surface area contributed by atoms with Crippen LogP contribution < -0.4 is 4.74 Å². The smallest absolute Gasteiger partial charge is 0.257 e. The van der Waals surface area contributed by atoms with Crippen molar-refractivity contribution in [1.82, 2.24) is 9.88 Å². The molecule has 0 bridgehead atoms. The maximum Gasteiger partial charge on any atom is 0.257 e. The lowest BCUT2D eigenvalue weighted by atomic mass is 9.87. The highest BCUT2D eigenvalue weighted by Gasteiger charge is 2.44. The van der Waals surface area contributed by atoms with Crippen molar-refractivity contribution in [3.63, 3.8) is 0 Å². The number of hydrogen-bond acceptors (Lipinski definition) is 5. The molecule has 4 rings (SSSR count). The van der Waals surface area contributed by atoms with Gasteiger partial charge >= 0.3 is 0 Å². The molecule has 6 heteroatoms. The summed E-state index contributed by atoms with van der Waals surface area (Å²) in [6, 6.07) is 13.1. The van der Waals surface area contributed by atoms with Gasteiger partial charge in [-0.05, 0) is 37.1 Å². The molecule has 3 heterocycles. The fourth-order valence-corrected chi connectivity index (χ4v) is 3.67. The number of aromatic nitrogens is 1. The number of benzene rings is 1. The van der Waals surface area contributed by atoms with Gasteiger partial charge in [-0.1, -0.05) is 23.4 Å². The Morgan fingerprint density at radius 3 is 2.88 bits per heavy atom. The lowest BCUT2D eigenvalue weighted by Crippen LogP contribution is -2.50. The van der Waals surface area contributed by atoms with Gasteiger partial charge in [0.25, 0.3) is 5.91 Å². The van der Waals surface area contributed by atoms with Gasteiger partial charge in [0.05, 0.1) is 24.9 Å². The number of carbonyl (C=O) groups excluding carboxylic acids is 1. The Bertz CT molecular complexity index is 837. The first-order valence-corrected chi connectivity index (χ1v) is 8.79. The van der Waals surface area contributed by atoms with Crippen molar-refractivity contribution < 1.29 is 14.4 Å². The Morgan fingerprint density at radius 2 is 2.08 bits per heavy atom. The molecule has 2 aliphatic heterocycles. The number of carbonyl (C=O) groups is 1. The van der Waals surface area contributed by atoms with Crippen molar-refractivity contribution in [1.29, 1.82) is 0 Å². The molecule has 134 valence electrons. The van der Waals surface area contributed by atoms with Crippen LogP contribution >= 0.6 is 0 Å². The van der Waals surface area contributed by atoms with Crippen molar-refractivity contribution in [3.8, 4) is 5.75 Å². The lowest BCUT2D eigenvalue weighted by Gasteiger charge is -2.38. The Labute approximate surface area is 152 Å². The SMILES string of the molecule is COc1ccccc1C(=O)N1CCCC2(CC(c3ccccn3)=NO2)C1. The molecule has 1 spiro atoms. The van der Waals surface area contributed by atoms with E-state index in [4.69, 9.17) is 9.57 Å². The van der Waals surface area contributed by atoms with E-state index < -0.39 is 5.60 Å². The highest BCUT2D eigenvalue weighted by atomic mass is 16.7. The fraction of sp³-hybridized carbons (Fsp3) is 0.350. The topological polar surface area (TPSA) is 64.0 Å². The maximum atomic E-state index is 13.0. The van der Waals surface area contributed by atoms with Crippen LogP contribution in [0.3, 0.4) is 0 Å². The minimum atomic E-state index is -0.456. The van der Waals surface area contributed by atoms with Gasteiger partial charge < -0.3 is 14.5 Å². The zero-order chi connectivity index (χ0) is 18.0. The van der Waals surface area contributed by atoms with Crippen molar-refractivity contribution in [2.45, 2.75) is 24.9 Å². The summed E-state index contributed by atoms with van der Waals surface area (Å²) in [5.41, 5.74) is 1.80. The summed E-state index contributed by atoms with van der Waals surface area (Å²) in [5.74, 6) is 0.561. The molecule has 2 aliphatic rings. The van der Waals surface area contributed by atoms with Crippen LogP contribution in [0, 0.1) is 0 Å². The summed E-state index contributed by atoms with van der Waals surface area (Å²) < 4.78 is 5.34. The van der Waals surface area contributed by atoms with Crippen LogP contribution in [0.25, 0.3) is 0 Å². The van der Waals surface area contributed by atoms with E-state index in [-0.39, 0.29) is 5.91 Å². The second-order valence-electron chi connectivity index (χ2n) is 6.73. The number of ether oxygens (including phenoxy) is 1. The normalized spacial score (nSPS) is 22.0. The summed E-state index contributed by atoms with van der Waals surface area (Å²) in [4.78, 5) is 25.1. The second kappa shape index (κ2) is 6.78. The van der Waals surface area contributed by atoms with E-state index >= 15 is 0 Å². The Hall–Kier alpha value is -2.89. The zero-order valence-corrected chi connectivity index (χ0v) is 14.7. The Kier molecular flexibility index (Phi) is 4.32. The molecule has 1 unspecified atom stereocenters. The van der Waals surface area contributed by atoms with E-state index in [0.29, 0.717) is 30.8 Å². The molecule has 0 saturated carbocycles. The number of pyridine rings is 1. The van der Waals surface area contributed by atoms with E-state index in [2.05, 4.69) is 10.1 Å². The first kappa shape index (κ1) is 16.6. The number of rotatable bonds is 3. The second-order valence-corrected chi connectivity index (χ2v) is 6.73. The predicted molar refractivity (Wildman–Crippen MR) is 97.3 cm³/mol. The van der Waals surface area contributed by atoms with Gasteiger partial charge in [-0.3, -0.25) is 9.78 Å². The third-order valence-corrected chi connectivity index (χ3v) is 4.96. The molecule has 2 aromatic rings. The van der Waals surface area contributed by atoms with Crippen molar-refractivity contribution in [3.05, 3.63) is 59.9 Å². The molecule has 0 aliphatic carbocycles. The first-order valence-electron chi connectivity index (χ1n) is 8.79. The van der Waals surface area contributed by atoms with Gasteiger partial charge in [-0.25, -0.2) is 0 Å². The molecule has 26 heavy (non-hydrogen) atoms. The largest absolute Gasteiger partial charge is 0.496 e. The molecule has 1 aromatic heterocycles. The van der Waals surface area contributed by atoms with Crippen LogP contribution in [-0.2, 0) is 4.84 Å². The van der Waals surface area contributed by atoms with Crippen molar-refractivity contribution in [2.24, 2.45) is 5.16 Å². The van der Waals surface area contributed by atoms with E-state index in [0.717, 1.165) is 24.2 Å². The third kappa shape index (κ3) is 3.03. The maximum absolute atomic E-state index is 13.0. The molecule has 1 fully saturated rings. The summed E-state index contributed by atoms with van der Waals surface area (Å²) in [5, 5.41) is 4.27. The number of nitrogens with zero attached hydrogens (tertiary/aromatic N) is 3. The number of para-hydroxylation sites is 1. The van der Waals surface area contributed by atoms with Crippen LogP contribution in [0.1, 0.15) is 35.3 Å². The molecular formula is C20H21N3O3. The van der Waals surface area contributed by atoms with Gasteiger partial charge in [0.15, 0.2) is 5.60 Å². The van der Waals surface area contributed by atoms with Gasteiger partial charge in [0.1, 0.15) is 11.5 Å². The van der Waals surface area contributed by atoms with E-state index in [1.165, 1.54) is 0 Å². The number of hydrogen-bond donors (Lipinski definition) is 0. The third-order valence-electron chi connectivity index (χ3n) is 4.96. The van der Waals surface area contributed by atoms with Crippen LogP contribution in [0.4, 0.5) is 0 Å². The average molecular weight is 351 g/mol. The minimum absolute atomic E-state index is 0.0311. The number of amides is 1. The van der Waals surface area contributed by atoms with E-state index in [1.54, 1.807) is 25.4 Å². The molecule has 0 N–H and O–H groups in total. The molecule has 1 aromatic carbocycles. The van der Waals surface area contributed by atoms with E-state index in [1.807, 2.05) is 35.2 Å². The van der Waals surface area contributed by atoms with Gasteiger partial charge in [-0.2, -0.15) is 0 Å². The van der Waals surface area contributed by atoms with Crippen LogP contribution in [0.15, 0.2) is 53.8 Å². The molecular weight excluding hydrogens is 330 g/mol. The highest BCUT2D eigenvalue weighted by Crippen LogP contribution is 2.35. The number of oxime groups is 1. The van der Waals surface area contributed by atoms with Crippen molar-refractivity contribution in [2.75, 3.05) is 20.2 Å². The summed E-state index contributed by atoms with van der Waals surface area (Å²) in [6.45, 7) is 1.23. The quantitative estimate of drug-likeness (QED) is 0.853. The molecule has 1 saturated heterocycles. The number of likely N-dealkylation sites (tertiary alicyclic amines) is 1. The molecule has 0 radical (unpaired) electrons. The lowest BCUT2D eigenvalue weighted by molar-refractivity contribution is -0.0619. The predicted octanol–water partition coefficient (Wildman–Crippen LogP) is 2.89. The molecule has 6 nitrogen and oxygen atoms in total. The average Bonchev–Trinajstić information content (AvgIpc) is 3.11. The number of methoxy groups -OCH3 is 1. The molecule has 1 amide bonds. The Balaban J connectivity index is 1.51. The van der Waals surface area contributed by atoms with Gasteiger partial charge in [0, 0.05) is 19.2 Å². The summed E-state index contributed by atoms with van der Waals surface area (Å²) in [6.07, 6.45) is 4.18. The zero-order valence-electron chi connectivity index (χ0n) is 14.7. The van der Waals surface area contributed by atoms with E-state index in [9.17, 15) is 4.79 Å². The van der Waals surface area contributed by atoms with Crippen LogP contribution in [0.2, 0.25) is 0 Å². The van der Waals surface area contributed by atoms with Crippen molar-refractivity contribution >= 4 is 11.6 Å². The van der Waals surface area contributed by atoms with Gasteiger partial charge in [-0.15, -0.1) is 0 Å². The Morgan fingerprint density at radius 1 is 1.23 bits per heavy atom. The number of piperidine rings is 1. The standard InChI is InChI=1S/C20H21N3O3/c1-25-18-9-3-2-7-15(18)19(24)23-12-6-10-20(14-23)13-17(22-26-20)16-8-4-5-11-21-16/h2-5,7-9,11H,6,10,12-14H2,1H3. The monoisotopic (exact) mass is 351 g/mol. The fourth-order valence-electron chi connectivity index (χ4n) is 3.67. The summed E-state index contributed by atoms with van der Waals surface area (Å²) >= 11 is 0. The highest BCUT2D eigenvalue weighted by molar-refractivity contribution is 6.00. The van der Waals surface area contributed by atoms with Gasteiger partial charge in [0.2, 0.25) is 0 Å². The minimum Gasteiger partial charge on any atom is -0.496 e. The van der Waals surface area contributed by atoms with Crippen LogP contribution in [-0.4, -0.2) is 47.3 Å².